The Morgan fingerprint density at radius 1 is 1.28 bits per heavy atom. The molecule has 1 aromatic heterocycles. The molecule has 0 atom stereocenters. The molecule has 0 spiro atoms. The summed E-state index contributed by atoms with van der Waals surface area (Å²) in [5, 5.41) is 4.40. The third-order valence-electron chi connectivity index (χ3n) is 3.15. The van der Waals surface area contributed by atoms with Crippen molar-refractivity contribution in [2.75, 3.05) is 7.05 Å². The molecule has 98 valence electrons. The molecule has 0 aliphatic heterocycles. The van der Waals surface area contributed by atoms with Crippen molar-refractivity contribution < 1.29 is 4.42 Å². The van der Waals surface area contributed by atoms with E-state index < -0.39 is 0 Å². The molecule has 0 aliphatic carbocycles. The summed E-state index contributed by atoms with van der Waals surface area (Å²) in [4.78, 5) is 0. The van der Waals surface area contributed by atoms with E-state index in [1.54, 1.807) is 0 Å². The number of hydrogen-bond donors (Lipinski definition) is 1. The molecular weight excluding hydrogens is 290 g/mol. The predicted octanol–water partition coefficient (Wildman–Crippen LogP) is 4.52. The van der Waals surface area contributed by atoms with Crippen molar-refractivity contribution in [2.24, 2.45) is 0 Å². The number of rotatable bonds is 2. The van der Waals surface area contributed by atoms with Crippen molar-refractivity contribution >= 4 is 26.9 Å². The number of hydrogen-bond acceptors (Lipinski definition) is 2. The first kappa shape index (κ1) is 13.6. The highest BCUT2D eigenvalue weighted by Gasteiger charge is 2.26. The normalized spacial score (nSPS) is 12.3. The molecule has 0 fully saturated rings. The van der Waals surface area contributed by atoms with Crippen molar-refractivity contribution in [3.8, 4) is 0 Å². The summed E-state index contributed by atoms with van der Waals surface area (Å²) in [6.45, 7) is 9.53. The Labute approximate surface area is 117 Å². The lowest BCUT2D eigenvalue weighted by Gasteiger charge is -2.19. The zero-order valence-corrected chi connectivity index (χ0v) is 13.2. The summed E-state index contributed by atoms with van der Waals surface area (Å²) in [5.74, 6) is 1.04. The molecule has 18 heavy (non-hydrogen) atoms. The number of nitrogens with one attached hydrogen (secondary N) is 1. The molecular formula is C15H20BrNO. The van der Waals surface area contributed by atoms with Crippen LogP contribution >= 0.6 is 15.9 Å². The number of fused-ring (bicyclic) bond motifs is 1. The molecule has 0 unspecified atom stereocenters. The van der Waals surface area contributed by atoms with Gasteiger partial charge in [0.2, 0.25) is 0 Å². The van der Waals surface area contributed by atoms with Crippen LogP contribution in [0.2, 0.25) is 0 Å². The molecule has 2 rings (SSSR count). The van der Waals surface area contributed by atoms with E-state index in [2.05, 4.69) is 61.1 Å². The second-order valence-corrected chi connectivity index (χ2v) is 6.60. The highest BCUT2D eigenvalue weighted by molar-refractivity contribution is 9.10. The first-order chi connectivity index (χ1) is 8.36. The highest BCUT2D eigenvalue weighted by Crippen LogP contribution is 2.40. The van der Waals surface area contributed by atoms with Gasteiger partial charge in [-0.1, -0.05) is 42.8 Å². The largest absolute Gasteiger partial charge is 0.459 e. The van der Waals surface area contributed by atoms with Gasteiger partial charge >= 0.3 is 0 Å². The van der Waals surface area contributed by atoms with Crippen molar-refractivity contribution in [3.05, 3.63) is 33.5 Å². The van der Waals surface area contributed by atoms with Crippen molar-refractivity contribution in [2.45, 2.75) is 39.7 Å². The summed E-state index contributed by atoms with van der Waals surface area (Å²) in [6.07, 6.45) is 0. The van der Waals surface area contributed by atoms with Crippen LogP contribution in [0, 0.1) is 6.92 Å². The Morgan fingerprint density at radius 2 is 1.94 bits per heavy atom. The molecule has 2 nitrogen and oxygen atoms in total. The maximum absolute atomic E-state index is 6.09. The van der Waals surface area contributed by atoms with Crippen LogP contribution in [0.5, 0.6) is 0 Å². The first-order valence-corrected chi connectivity index (χ1v) is 7.01. The van der Waals surface area contributed by atoms with Crippen molar-refractivity contribution in [1.29, 1.82) is 0 Å². The van der Waals surface area contributed by atoms with Gasteiger partial charge in [0.05, 0.1) is 6.54 Å². The third-order valence-corrected chi connectivity index (χ3v) is 3.81. The monoisotopic (exact) mass is 309 g/mol. The molecule has 0 saturated heterocycles. The Bertz CT molecular complexity index is 578. The smallest absolute Gasteiger partial charge is 0.138 e. The zero-order chi connectivity index (χ0) is 13.5. The molecule has 0 saturated carbocycles. The number of furan rings is 1. The van der Waals surface area contributed by atoms with Gasteiger partial charge in [0.1, 0.15) is 11.3 Å². The highest BCUT2D eigenvalue weighted by atomic mass is 79.9. The van der Waals surface area contributed by atoms with Crippen molar-refractivity contribution in [3.63, 3.8) is 0 Å². The Balaban J connectivity index is 2.85. The summed E-state index contributed by atoms with van der Waals surface area (Å²) >= 11 is 3.66. The quantitative estimate of drug-likeness (QED) is 0.882. The first-order valence-electron chi connectivity index (χ1n) is 6.22. The summed E-state index contributed by atoms with van der Waals surface area (Å²) < 4.78 is 7.20. The molecule has 2 aromatic rings. The minimum Gasteiger partial charge on any atom is -0.459 e. The van der Waals surface area contributed by atoms with Crippen LogP contribution in [-0.2, 0) is 12.0 Å². The van der Waals surface area contributed by atoms with Gasteiger partial charge in [-0.15, -0.1) is 0 Å². The van der Waals surface area contributed by atoms with Gasteiger partial charge in [-0.25, -0.2) is 0 Å². The molecule has 1 heterocycles. The topological polar surface area (TPSA) is 25.2 Å². The van der Waals surface area contributed by atoms with E-state index in [4.69, 9.17) is 4.42 Å². The molecule has 0 aliphatic rings. The molecule has 0 radical (unpaired) electrons. The van der Waals surface area contributed by atoms with Gasteiger partial charge in [-0.05, 0) is 31.0 Å². The standard InChI is InChI=1S/C15H20BrNO/c1-9-6-7-10(16)12-13(15(2,3)4)11(8-17-5)18-14(9)12/h6-7,17H,8H2,1-5H3. The fraction of sp³-hybridized carbons (Fsp3) is 0.467. The average Bonchev–Trinajstić information content (AvgIpc) is 2.64. The van der Waals surface area contributed by atoms with Gasteiger partial charge in [-0.2, -0.15) is 0 Å². The summed E-state index contributed by atoms with van der Waals surface area (Å²) in [7, 11) is 1.95. The SMILES string of the molecule is CNCc1oc2c(C)ccc(Br)c2c1C(C)(C)C. The fourth-order valence-corrected chi connectivity index (χ4v) is 2.93. The van der Waals surface area contributed by atoms with Gasteiger partial charge < -0.3 is 9.73 Å². The van der Waals surface area contributed by atoms with E-state index in [9.17, 15) is 0 Å². The Morgan fingerprint density at radius 3 is 2.50 bits per heavy atom. The van der Waals surface area contributed by atoms with Crippen LogP contribution < -0.4 is 5.32 Å². The van der Waals surface area contributed by atoms with Crippen molar-refractivity contribution in [1.82, 2.24) is 5.32 Å². The third kappa shape index (κ3) is 2.21. The van der Waals surface area contributed by atoms with E-state index in [0.717, 1.165) is 22.4 Å². The maximum atomic E-state index is 6.09. The van der Waals surface area contributed by atoms with Gasteiger partial charge in [-0.3, -0.25) is 0 Å². The van der Waals surface area contributed by atoms with Crippen LogP contribution in [0.15, 0.2) is 21.0 Å². The molecule has 3 heteroatoms. The van der Waals surface area contributed by atoms with Crippen LogP contribution in [0.3, 0.4) is 0 Å². The van der Waals surface area contributed by atoms with E-state index in [1.807, 2.05) is 7.05 Å². The fourth-order valence-electron chi connectivity index (χ4n) is 2.42. The van der Waals surface area contributed by atoms with Crippen LogP contribution in [0.1, 0.15) is 37.7 Å². The van der Waals surface area contributed by atoms with Gasteiger partial charge in [0, 0.05) is 15.4 Å². The van der Waals surface area contributed by atoms with Gasteiger partial charge in [0.15, 0.2) is 0 Å². The molecule has 1 aromatic carbocycles. The molecule has 1 N–H and O–H groups in total. The van der Waals surface area contributed by atoms with E-state index in [-0.39, 0.29) is 5.41 Å². The zero-order valence-electron chi connectivity index (χ0n) is 11.6. The van der Waals surface area contributed by atoms with E-state index in [1.165, 1.54) is 16.5 Å². The maximum Gasteiger partial charge on any atom is 0.138 e. The predicted molar refractivity (Wildman–Crippen MR) is 80.1 cm³/mol. The molecule has 0 bridgehead atoms. The Kier molecular flexibility index (Phi) is 3.56. The minimum atomic E-state index is 0.0632. The summed E-state index contributed by atoms with van der Waals surface area (Å²) in [6, 6.07) is 4.19. The number of aryl methyl sites for hydroxylation is 1. The lowest BCUT2D eigenvalue weighted by atomic mass is 9.84. The van der Waals surface area contributed by atoms with Crippen LogP contribution in [0.4, 0.5) is 0 Å². The van der Waals surface area contributed by atoms with E-state index >= 15 is 0 Å². The minimum absolute atomic E-state index is 0.0632. The average molecular weight is 310 g/mol. The van der Waals surface area contributed by atoms with Crippen LogP contribution in [0.25, 0.3) is 11.0 Å². The van der Waals surface area contributed by atoms with E-state index in [0.29, 0.717) is 0 Å². The second kappa shape index (κ2) is 4.71. The summed E-state index contributed by atoms with van der Waals surface area (Å²) in [5.41, 5.74) is 3.54. The lowest BCUT2D eigenvalue weighted by Crippen LogP contribution is -2.16. The Hall–Kier alpha value is -0.800. The number of halogens is 1. The second-order valence-electron chi connectivity index (χ2n) is 5.75. The van der Waals surface area contributed by atoms with Crippen LogP contribution in [-0.4, -0.2) is 7.05 Å². The van der Waals surface area contributed by atoms with Gasteiger partial charge in [0.25, 0.3) is 0 Å². The lowest BCUT2D eigenvalue weighted by molar-refractivity contribution is 0.494. The number of benzene rings is 1. The molecule has 0 amide bonds.